The van der Waals surface area contributed by atoms with Gasteiger partial charge in [-0.15, -0.1) is 0 Å². The van der Waals surface area contributed by atoms with E-state index < -0.39 is 0 Å². The van der Waals surface area contributed by atoms with Crippen LogP contribution in [-0.4, -0.2) is 4.83 Å². The van der Waals surface area contributed by atoms with E-state index in [0.29, 0.717) is 4.83 Å². The quantitative estimate of drug-likeness (QED) is 0.598. The van der Waals surface area contributed by atoms with Crippen LogP contribution in [-0.2, 0) is 0 Å². The third-order valence-electron chi connectivity index (χ3n) is 2.00. The van der Waals surface area contributed by atoms with Crippen molar-refractivity contribution >= 4 is 15.9 Å². The van der Waals surface area contributed by atoms with Crippen LogP contribution in [0.3, 0.4) is 0 Å². The zero-order valence-electron chi connectivity index (χ0n) is 7.36. The molecule has 0 nitrogen and oxygen atoms in total. The molecule has 0 heterocycles. The average Bonchev–Trinajstić information content (AvgIpc) is 1.87. The summed E-state index contributed by atoms with van der Waals surface area (Å²) in [5, 5.41) is 0. The first kappa shape index (κ1) is 10.5. The van der Waals surface area contributed by atoms with Crippen LogP contribution < -0.4 is 0 Å². The molecule has 0 aliphatic heterocycles. The zero-order valence-corrected chi connectivity index (χ0v) is 8.95. The Kier molecular flexibility index (Phi) is 6.50. The third-order valence-corrected chi connectivity index (χ3v) is 2.45. The molecule has 0 rings (SSSR count). The van der Waals surface area contributed by atoms with E-state index in [0.717, 1.165) is 5.92 Å². The highest BCUT2D eigenvalue weighted by Gasteiger charge is 1.99. The molecule has 1 heteroatoms. The molecule has 0 aliphatic carbocycles. The van der Waals surface area contributed by atoms with E-state index in [1.807, 2.05) is 0 Å². The van der Waals surface area contributed by atoms with E-state index in [1.54, 1.807) is 0 Å². The van der Waals surface area contributed by atoms with Gasteiger partial charge in [-0.1, -0.05) is 56.0 Å². The van der Waals surface area contributed by atoms with E-state index in [1.165, 1.54) is 25.7 Å². The molecule has 0 N–H and O–H groups in total. The molecule has 0 aromatic heterocycles. The van der Waals surface area contributed by atoms with Crippen molar-refractivity contribution in [3.05, 3.63) is 0 Å². The summed E-state index contributed by atoms with van der Waals surface area (Å²) in [7, 11) is 0. The van der Waals surface area contributed by atoms with Gasteiger partial charge in [0.1, 0.15) is 0 Å². The summed E-state index contributed by atoms with van der Waals surface area (Å²) in [6.45, 7) is 6.82. The Morgan fingerprint density at radius 1 is 1.20 bits per heavy atom. The molecule has 0 unspecified atom stereocenters. The van der Waals surface area contributed by atoms with Gasteiger partial charge in [-0.05, 0) is 12.3 Å². The van der Waals surface area contributed by atoms with Crippen LogP contribution in [0.1, 0.15) is 46.5 Å². The van der Waals surface area contributed by atoms with Crippen molar-refractivity contribution in [2.75, 3.05) is 0 Å². The van der Waals surface area contributed by atoms with Gasteiger partial charge in [0.25, 0.3) is 0 Å². The smallest absolute Gasteiger partial charge is 0.0117 e. The molecule has 0 fully saturated rings. The van der Waals surface area contributed by atoms with Crippen LogP contribution in [0, 0.1) is 5.92 Å². The van der Waals surface area contributed by atoms with Gasteiger partial charge in [-0.2, -0.15) is 0 Å². The Balaban J connectivity index is 3.03. The summed E-state index contributed by atoms with van der Waals surface area (Å²) < 4.78 is 0. The first-order chi connectivity index (χ1) is 4.66. The largest absolute Gasteiger partial charge is 0.0894 e. The fourth-order valence-electron chi connectivity index (χ4n) is 0.952. The van der Waals surface area contributed by atoms with Crippen LogP contribution in [0.5, 0.6) is 0 Å². The molecule has 0 saturated carbocycles. The first-order valence-electron chi connectivity index (χ1n) is 4.30. The van der Waals surface area contributed by atoms with Gasteiger partial charge in [0.05, 0.1) is 0 Å². The molecule has 0 radical (unpaired) electrons. The molecule has 0 aliphatic rings. The maximum atomic E-state index is 3.55. The lowest BCUT2D eigenvalue weighted by atomic mass is 10.0. The van der Waals surface area contributed by atoms with Crippen LogP contribution in [0.25, 0.3) is 0 Å². The summed E-state index contributed by atoms with van der Waals surface area (Å²) in [6.07, 6.45) is 5.43. The van der Waals surface area contributed by atoms with E-state index >= 15 is 0 Å². The van der Waals surface area contributed by atoms with Gasteiger partial charge < -0.3 is 0 Å². The van der Waals surface area contributed by atoms with Crippen LogP contribution in [0.15, 0.2) is 0 Å². The van der Waals surface area contributed by atoms with Crippen LogP contribution in [0.2, 0.25) is 0 Å². The Hall–Kier alpha value is 0.480. The minimum absolute atomic E-state index is 0.705. The summed E-state index contributed by atoms with van der Waals surface area (Å²) in [4.78, 5) is 0.705. The fourth-order valence-corrected chi connectivity index (χ4v) is 1.28. The SMILES string of the molecule is CC[C@@H](C)CCC[C@@H](C)Br. The zero-order chi connectivity index (χ0) is 7.98. The minimum Gasteiger partial charge on any atom is -0.0894 e. The summed E-state index contributed by atoms with van der Waals surface area (Å²) in [6, 6.07) is 0. The molecule has 10 heavy (non-hydrogen) atoms. The molecule has 2 atom stereocenters. The van der Waals surface area contributed by atoms with Crippen LogP contribution >= 0.6 is 15.9 Å². The minimum atomic E-state index is 0.705. The fraction of sp³-hybridized carbons (Fsp3) is 1.00. The summed E-state index contributed by atoms with van der Waals surface area (Å²) in [5.74, 6) is 0.922. The van der Waals surface area contributed by atoms with Crippen molar-refractivity contribution < 1.29 is 0 Å². The first-order valence-corrected chi connectivity index (χ1v) is 5.22. The maximum Gasteiger partial charge on any atom is 0.0117 e. The van der Waals surface area contributed by atoms with E-state index in [4.69, 9.17) is 0 Å². The van der Waals surface area contributed by atoms with E-state index in [9.17, 15) is 0 Å². The van der Waals surface area contributed by atoms with Crippen molar-refractivity contribution in [2.24, 2.45) is 5.92 Å². The molecule has 0 aromatic rings. The molecule has 0 amide bonds. The number of rotatable bonds is 5. The number of hydrogen-bond donors (Lipinski definition) is 0. The summed E-state index contributed by atoms with van der Waals surface area (Å²) >= 11 is 3.55. The highest BCUT2D eigenvalue weighted by Crippen LogP contribution is 2.14. The predicted octanol–water partition coefficient (Wildman–Crippen LogP) is 3.99. The second-order valence-electron chi connectivity index (χ2n) is 3.23. The van der Waals surface area contributed by atoms with Crippen molar-refractivity contribution in [2.45, 2.75) is 51.3 Å². The molecule has 0 saturated heterocycles. The van der Waals surface area contributed by atoms with Gasteiger partial charge in [-0.3, -0.25) is 0 Å². The second kappa shape index (κ2) is 6.21. The molecule has 0 bridgehead atoms. The van der Waals surface area contributed by atoms with Crippen molar-refractivity contribution in [3.63, 3.8) is 0 Å². The van der Waals surface area contributed by atoms with Crippen LogP contribution in [0.4, 0.5) is 0 Å². The Bertz CT molecular complexity index is 69.1. The van der Waals surface area contributed by atoms with E-state index in [-0.39, 0.29) is 0 Å². The number of alkyl halides is 1. The lowest BCUT2D eigenvalue weighted by Crippen LogP contribution is -1.95. The standard InChI is InChI=1S/C9H19Br/c1-4-8(2)6-5-7-9(3)10/h8-9H,4-7H2,1-3H3/t8-,9-/m1/s1. The van der Waals surface area contributed by atoms with Gasteiger partial charge in [0.15, 0.2) is 0 Å². The average molecular weight is 207 g/mol. The van der Waals surface area contributed by atoms with Gasteiger partial charge in [0, 0.05) is 4.83 Å². The Morgan fingerprint density at radius 3 is 2.20 bits per heavy atom. The highest BCUT2D eigenvalue weighted by atomic mass is 79.9. The van der Waals surface area contributed by atoms with Crippen molar-refractivity contribution in [3.8, 4) is 0 Å². The van der Waals surface area contributed by atoms with Gasteiger partial charge in [-0.25, -0.2) is 0 Å². The topological polar surface area (TPSA) is 0 Å². The Labute approximate surface area is 73.5 Å². The monoisotopic (exact) mass is 206 g/mol. The predicted molar refractivity (Wildman–Crippen MR) is 51.7 cm³/mol. The molecular weight excluding hydrogens is 188 g/mol. The van der Waals surface area contributed by atoms with Crippen molar-refractivity contribution in [1.82, 2.24) is 0 Å². The second-order valence-corrected chi connectivity index (χ2v) is 4.79. The normalized spacial score (nSPS) is 16.8. The van der Waals surface area contributed by atoms with Gasteiger partial charge >= 0.3 is 0 Å². The maximum absolute atomic E-state index is 3.55. The molecule has 62 valence electrons. The summed E-state index contributed by atoms with van der Waals surface area (Å²) in [5.41, 5.74) is 0. The third kappa shape index (κ3) is 6.60. The lowest BCUT2D eigenvalue weighted by Gasteiger charge is -2.07. The molecular formula is C9H19Br. The molecule has 0 aromatic carbocycles. The number of hydrogen-bond acceptors (Lipinski definition) is 0. The van der Waals surface area contributed by atoms with E-state index in [2.05, 4.69) is 36.7 Å². The van der Waals surface area contributed by atoms with Crippen molar-refractivity contribution in [1.29, 1.82) is 0 Å². The lowest BCUT2D eigenvalue weighted by molar-refractivity contribution is 0.485. The molecule has 0 spiro atoms. The Morgan fingerprint density at radius 2 is 1.80 bits per heavy atom. The number of halogens is 1. The van der Waals surface area contributed by atoms with Gasteiger partial charge in [0.2, 0.25) is 0 Å². The highest BCUT2D eigenvalue weighted by molar-refractivity contribution is 9.09.